The first-order valence-electron chi connectivity index (χ1n) is 4.75. The number of carbonyl (C=O) groups is 1. The number of carbonyl (C=O) groups excluding carboxylic acids is 1. The predicted octanol–water partition coefficient (Wildman–Crippen LogP) is 1.57. The molecule has 0 saturated heterocycles. The van der Waals surface area contributed by atoms with Gasteiger partial charge in [0.25, 0.3) is 0 Å². The van der Waals surface area contributed by atoms with Gasteiger partial charge in [-0.1, -0.05) is 6.92 Å². The first-order chi connectivity index (χ1) is 7.15. The van der Waals surface area contributed by atoms with Gasteiger partial charge in [-0.05, 0) is 18.1 Å². The summed E-state index contributed by atoms with van der Waals surface area (Å²) in [5, 5.41) is 1.62. The Morgan fingerprint density at radius 2 is 2.13 bits per heavy atom. The fraction of sp³-hybridized carbons (Fsp3) is 0.455. The van der Waals surface area contributed by atoms with Crippen LogP contribution in [0, 0.1) is 0 Å². The van der Waals surface area contributed by atoms with E-state index in [0.29, 0.717) is 0 Å². The first kappa shape index (κ1) is 13.7. The van der Waals surface area contributed by atoms with Crippen LogP contribution in [-0.4, -0.2) is 37.5 Å². The normalized spacial score (nSPS) is 9.40. The van der Waals surface area contributed by atoms with E-state index in [4.69, 9.17) is 0 Å². The molecule has 0 aromatic carbocycles. The molecule has 4 heteroatoms. The number of hydroxylamine groups is 2. The highest BCUT2D eigenvalue weighted by Gasteiger charge is 1.95. The highest BCUT2D eigenvalue weighted by Crippen LogP contribution is 2.03. The maximum Gasteiger partial charge on any atom is 0.150 e. The van der Waals surface area contributed by atoms with E-state index in [9.17, 15) is 4.79 Å². The number of nitrogens with zero attached hydrogens (tertiary/aromatic N) is 2. The number of aromatic nitrogens is 1. The molecular weight excluding hydrogens is 192 g/mol. The molecule has 0 aliphatic rings. The molecule has 4 nitrogen and oxygen atoms in total. The third-order valence-electron chi connectivity index (χ3n) is 1.81. The van der Waals surface area contributed by atoms with Crippen molar-refractivity contribution in [3.05, 3.63) is 29.6 Å². The smallest absolute Gasteiger partial charge is 0.150 e. The van der Waals surface area contributed by atoms with Crippen LogP contribution in [0.2, 0.25) is 0 Å². The van der Waals surface area contributed by atoms with Crippen molar-refractivity contribution >= 4 is 6.29 Å². The van der Waals surface area contributed by atoms with Gasteiger partial charge in [-0.2, -0.15) is 5.06 Å². The summed E-state index contributed by atoms with van der Waals surface area (Å²) >= 11 is 0. The van der Waals surface area contributed by atoms with Gasteiger partial charge in [0.2, 0.25) is 0 Å². The molecule has 0 spiro atoms. The lowest BCUT2D eigenvalue weighted by atomic mass is 10.1. The minimum atomic E-state index is 0.748. The average Bonchev–Trinajstić information content (AvgIpc) is 2.29. The first-order valence-corrected chi connectivity index (χ1v) is 4.75. The van der Waals surface area contributed by atoms with E-state index < -0.39 is 0 Å². The Kier molecular flexibility index (Phi) is 7.40. The molecule has 0 fully saturated rings. The Bertz CT molecular complexity index is 288. The van der Waals surface area contributed by atoms with Gasteiger partial charge >= 0.3 is 0 Å². The number of pyridine rings is 1. The monoisotopic (exact) mass is 210 g/mol. The van der Waals surface area contributed by atoms with Crippen LogP contribution >= 0.6 is 0 Å². The van der Waals surface area contributed by atoms with Crippen LogP contribution in [-0.2, 0) is 11.3 Å². The van der Waals surface area contributed by atoms with E-state index in [-0.39, 0.29) is 0 Å². The summed E-state index contributed by atoms with van der Waals surface area (Å²) in [7, 11) is 5.29. The predicted molar refractivity (Wildman–Crippen MR) is 59.7 cm³/mol. The Morgan fingerprint density at radius 1 is 1.53 bits per heavy atom. The Balaban J connectivity index is 0.000000336. The Morgan fingerprint density at radius 3 is 2.47 bits per heavy atom. The average molecular weight is 210 g/mol. The van der Waals surface area contributed by atoms with Crippen molar-refractivity contribution in [2.45, 2.75) is 13.3 Å². The molecule has 1 aromatic rings. The minimum absolute atomic E-state index is 0.748. The standard InChI is InChI=1S/C8H9NO.C3H9NO/c1-2-7-5-9-4-3-8(7)6-10;1-4(2)5-3/h3-6H,2H2,1H3;1-3H3. The van der Waals surface area contributed by atoms with Crippen LogP contribution in [0.25, 0.3) is 0 Å². The van der Waals surface area contributed by atoms with Crippen molar-refractivity contribution in [1.29, 1.82) is 0 Å². The molecule has 15 heavy (non-hydrogen) atoms. The van der Waals surface area contributed by atoms with Crippen molar-refractivity contribution in [3.8, 4) is 0 Å². The summed E-state index contributed by atoms with van der Waals surface area (Å²) in [4.78, 5) is 18.8. The van der Waals surface area contributed by atoms with Crippen LogP contribution in [0.5, 0.6) is 0 Å². The molecule has 0 amide bonds. The summed E-state index contributed by atoms with van der Waals surface area (Å²) < 4.78 is 0. The summed E-state index contributed by atoms with van der Waals surface area (Å²) in [5.41, 5.74) is 1.76. The molecule has 0 unspecified atom stereocenters. The maximum absolute atomic E-state index is 10.4. The molecule has 0 saturated carbocycles. The summed E-state index contributed by atoms with van der Waals surface area (Å²) in [5.74, 6) is 0. The third kappa shape index (κ3) is 5.93. The molecule has 0 bridgehead atoms. The SMILES string of the molecule is CCc1cnccc1C=O.CON(C)C. The molecule has 1 heterocycles. The van der Waals surface area contributed by atoms with Crippen LogP contribution in [0.3, 0.4) is 0 Å². The van der Waals surface area contributed by atoms with Crippen molar-refractivity contribution in [1.82, 2.24) is 10.0 Å². The van der Waals surface area contributed by atoms with Crippen molar-refractivity contribution in [2.24, 2.45) is 0 Å². The van der Waals surface area contributed by atoms with Gasteiger partial charge in [0.1, 0.15) is 6.29 Å². The zero-order chi connectivity index (χ0) is 11.7. The van der Waals surface area contributed by atoms with Gasteiger partial charge < -0.3 is 4.84 Å². The second kappa shape index (κ2) is 8.08. The number of aryl methyl sites for hydroxylation is 1. The molecule has 0 atom stereocenters. The zero-order valence-corrected chi connectivity index (χ0v) is 9.73. The summed E-state index contributed by atoms with van der Waals surface area (Å²) in [6.45, 7) is 2.00. The van der Waals surface area contributed by atoms with Crippen LogP contribution in [0.15, 0.2) is 18.5 Å². The second-order valence-electron chi connectivity index (χ2n) is 3.04. The maximum atomic E-state index is 10.4. The third-order valence-corrected chi connectivity index (χ3v) is 1.81. The largest absolute Gasteiger partial charge is 0.303 e. The summed E-state index contributed by atoms with van der Waals surface area (Å²) in [6, 6.07) is 1.73. The Hall–Kier alpha value is -1.26. The topological polar surface area (TPSA) is 42.4 Å². The number of aldehydes is 1. The second-order valence-corrected chi connectivity index (χ2v) is 3.04. The molecular formula is C11H18N2O2. The van der Waals surface area contributed by atoms with Gasteiger partial charge in [0.15, 0.2) is 0 Å². The van der Waals surface area contributed by atoms with Crippen molar-refractivity contribution < 1.29 is 9.63 Å². The summed E-state index contributed by atoms with van der Waals surface area (Å²) in [6.07, 6.45) is 5.08. The van der Waals surface area contributed by atoms with E-state index >= 15 is 0 Å². The number of rotatable bonds is 3. The Labute approximate surface area is 90.8 Å². The molecule has 1 aromatic heterocycles. The lowest BCUT2D eigenvalue weighted by molar-refractivity contribution is -0.0855. The van der Waals surface area contributed by atoms with E-state index in [0.717, 1.165) is 23.8 Å². The molecule has 0 aliphatic heterocycles. The zero-order valence-electron chi connectivity index (χ0n) is 9.73. The van der Waals surface area contributed by atoms with Crippen LogP contribution in [0.4, 0.5) is 0 Å². The van der Waals surface area contributed by atoms with E-state index in [1.165, 1.54) is 0 Å². The molecule has 84 valence electrons. The van der Waals surface area contributed by atoms with Crippen LogP contribution in [0.1, 0.15) is 22.8 Å². The number of hydrogen-bond acceptors (Lipinski definition) is 4. The molecule has 0 N–H and O–H groups in total. The van der Waals surface area contributed by atoms with Gasteiger partial charge in [-0.3, -0.25) is 9.78 Å². The minimum Gasteiger partial charge on any atom is -0.303 e. The van der Waals surface area contributed by atoms with Crippen molar-refractivity contribution in [2.75, 3.05) is 21.2 Å². The fourth-order valence-electron chi connectivity index (χ4n) is 0.848. The fourth-order valence-corrected chi connectivity index (χ4v) is 0.848. The lowest BCUT2D eigenvalue weighted by Crippen LogP contribution is -2.07. The highest BCUT2D eigenvalue weighted by molar-refractivity contribution is 5.76. The quantitative estimate of drug-likeness (QED) is 0.561. The van der Waals surface area contributed by atoms with Crippen LogP contribution < -0.4 is 0 Å². The van der Waals surface area contributed by atoms with Gasteiger partial charge in [-0.15, -0.1) is 0 Å². The highest BCUT2D eigenvalue weighted by atomic mass is 16.7. The molecule has 1 rings (SSSR count). The van der Waals surface area contributed by atoms with E-state index in [1.807, 2.05) is 21.0 Å². The van der Waals surface area contributed by atoms with Gasteiger partial charge in [0, 0.05) is 32.1 Å². The van der Waals surface area contributed by atoms with E-state index in [2.05, 4.69) is 9.82 Å². The van der Waals surface area contributed by atoms with E-state index in [1.54, 1.807) is 30.6 Å². The van der Waals surface area contributed by atoms with Gasteiger partial charge in [0.05, 0.1) is 7.11 Å². The lowest BCUT2D eigenvalue weighted by Gasteiger charge is -2.01. The van der Waals surface area contributed by atoms with Crippen molar-refractivity contribution in [3.63, 3.8) is 0 Å². The number of hydrogen-bond donors (Lipinski definition) is 0. The molecule has 0 aliphatic carbocycles. The molecule has 0 radical (unpaired) electrons. The van der Waals surface area contributed by atoms with Gasteiger partial charge in [-0.25, -0.2) is 0 Å².